The first kappa shape index (κ1) is 27.3. The second kappa shape index (κ2) is 9.88. The van der Waals surface area contributed by atoms with Crippen LogP contribution >= 0.6 is 0 Å². The zero-order valence-corrected chi connectivity index (χ0v) is 25.9. The van der Waals surface area contributed by atoms with Crippen LogP contribution in [0.5, 0.6) is 0 Å². The predicted octanol–water partition coefficient (Wildman–Crippen LogP) is 8.80. The summed E-state index contributed by atoms with van der Waals surface area (Å²) in [6.07, 6.45) is 11.7. The molecule has 0 heteroatoms. The van der Waals surface area contributed by atoms with E-state index < -0.39 is 0 Å². The van der Waals surface area contributed by atoms with E-state index in [9.17, 15) is 0 Å². The van der Waals surface area contributed by atoms with Crippen molar-refractivity contribution in [2.45, 2.75) is 72.6 Å². The van der Waals surface area contributed by atoms with Crippen molar-refractivity contribution >= 4 is 17.2 Å². The third-order valence-electron chi connectivity index (χ3n) is 8.53. The maximum absolute atomic E-state index is 3.92. The van der Waals surface area contributed by atoms with Crippen molar-refractivity contribution in [3.05, 3.63) is 156 Å². The maximum atomic E-state index is 3.92. The normalized spacial score (nSPS) is 14.0. The quantitative estimate of drug-likeness (QED) is 0.217. The van der Waals surface area contributed by atoms with Crippen molar-refractivity contribution in [3.63, 3.8) is 0 Å². The van der Waals surface area contributed by atoms with Gasteiger partial charge in [-0.1, -0.05) is 132 Å². The van der Waals surface area contributed by atoms with Crippen LogP contribution in [-0.4, -0.2) is 0 Å². The predicted molar refractivity (Wildman–Crippen MR) is 175 cm³/mol. The zero-order valence-electron chi connectivity index (χ0n) is 25.9. The molecule has 0 atom stereocenters. The van der Waals surface area contributed by atoms with E-state index in [2.05, 4.69) is 152 Å². The molecule has 0 N–H and O–H groups in total. The van der Waals surface area contributed by atoms with Gasteiger partial charge in [-0.3, -0.25) is 0 Å². The van der Waals surface area contributed by atoms with Gasteiger partial charge in [-0.25, -0.2) is 0 Å². The highest BCUT2D eigenvalue weighted by molar-refractivity contribution is 5.88. The van der Waals surface area contributed by atoms with Crippen LogP contribution in [0.1, 0.15) is 92.5 Å². The van der Waals surface area contributed by atoms with Crippen LogP contribution in [0.4, 0.5) is 0 Å². The van der Waals surface area contributed by atoms with E-state index in [0.717, 1.165) is 6.42 Å². The van der Waals surface area contributed by atoms with Gasteiger partial charge >= 0.3 is 0 Å². The molecule has 0 saturated heterocycles. The van der Waals surface area contributed by atoms with Crippen molar-refractivity contribution in [1.29, 1.82) is 0 Å². The summed E-state index contributed by atoms with van der Waals surface area (Å²) in [5.41, 5.74) is 13.1. The SMILES string of the molecule is Cc1cccc(C(c2cccc(C)c2)=c2c(C(C)(C)C)cc3c(c2C2=CC=CC2)[C]=c2ccc(C(C)(C)C)cc2=3)c1. The molecule has 0 unspecified atom stereocenters. The van der Waals surface area contributed by atoms with Gasteiger partial charge in [-0.15, -0.1) is 0 Å². The molecular weight excluding hydrogens is 492 g/mol. The topological polar surface area (TPSA) is 0 Å². The molecule has 2 aliphatic rings. The van der Waals surface area contributed by atoms with Crippen LogP contribution in [-0.2, 0) is 10.8 Å². The number of rotatable bonds is 3. The lowest BCUT2D eigenvalue weighted by Crippen LogP contribution is -2.29. The highest BCUT2D eigenvalue weighted by Crippen LogP contribution is 2.34. The zero-order chi connectivity index (χ0) is 29.1. The highest BCUT2D eigenvalue weighted by atomic mass is 14.3. The second-order valence-corrected chi connectivity index (χ2v) is 13.9. The fourth-order valence-corrected chi connectivity index (χ4v) is 6.36. The number of hydrogen-bond acceptors (Lipinski definition) is 0. The van der Waals surface area contributed by atoms with Crippen molar-refractivity contribution in [3.8, 4) is 0 Å². The summed E-state index contributed by atoms with van der Waals surface area (Å²) in [5.74, 6) is 0. The van der Waals surface area contributed by atoms with Crippen molar-refractivity contribution < 1.29 is 0 Å². The number of benzene rings is 4. The largest absolute Gasteiger partial charge is 0.0801 e. The number of aryl methyl sites for hydroxylation is 2. The Morgan fingerprint density at radius 2 is 1.37 bits per heavy atom. The third kappa shape index (κ3) is 4.95. The summed E-state index contributed by atoms with van der Waals surface area (Å²) in [6.45, 7) is 18.4. The summed E-state index contributed by atoms with van der Waals surface area (Å²) in [4.78, 5) is 0. The van der Waals surface area contributed by atoms with Gasteiger partial charge in [0.2, 0.25) is 0 Å². The van der Waals surface area contributed by atoms with Gasteiger partial charge in [-0.2, -0.15) is 0 Å². The summed E-state index contributed by atoms with van der Waals surface area (Å²) >= 11 is 0. The van der Waals surface area contributed by atoms with Crippen LogP contribution < -0.4 is 10.4 Å². The minimum absolute atomic E-state index is 0.0744. The molecule has 0 saturated carbocycles. The third-order valence-corrected chi connectivity index (χ3v) is 8.53. The standard InChI is InChI=1S/C41H41/c1-26-13-11-17-30(21-26)37(31-18-12-14-27(2)22-31)39-36(41(6,7)8)25-34-33-24-32(40(3,4)5)20-19-29(33)23-35(34)38(39)28-15-9-10-16-28/h9-15,17-22,24-25H,16H2,1-8H3. The molecule has 0 aliphatic heterocycles. The lowest BCUT2D eigenvalue weighted by atomic mass is 9.78. The van der Waals surface area contributed by atoms with Crippen LogP contribution in [0.25, 0.3) is 17.2 Å². The molecule has 0 spiro atoms. The lowest BCUT2D eigenvalue weighted by Gasteiger charge is -2.26. The summed E-state index contributed by atoms with van der Waals surface area (Å²) in [7, 11) is 0. The molecule has 4 aromatic rings. The second-order valence-electron chi connectivity index (χ2n) is 13.9. The molecule has 0 bridgehead atoms. The van der Waals surface area contributed by atoms with Gasteiger partial charge in [0, 0.05) is 0 Å². The Morgan fingerprint density at radius 3 is 1.90 bits per heavy atom. The van der Waals surface area contributed by atoms with Gasteiger partial charge in [0.15, 0.2) is 0 Å². The van der Waals surface area contributed by atoms with Crippen LogP contribution in [0.2, 0.25) is 0 Å². The molecule has 2 aliphatic carbocycles. The summed E-state index contributed by atoms with van der Waals surface area (Å²) in [6, 6.07) is 27.5. The van der Waals surface area contributed by atoms with Gasteiger partial charge in [-0.05, 0) is 115 Å². The van der Waals surface area contributed by atoms with E-state index >= 15 is 0 Å². The van der Waals surface area contributed by atoms with Crippen molar-refractivity contribution in [2.75, 3.05) is 0 Å². The Kier molecular flexibility index (Phi) is 6.57. The number of hydrogen-bond donors (Lipinski definition) is 0. The molecule has 4 aromatic carbocycles. The summed E-state index contributed by atoms with van der Waals surface area (Å²) in [5, 5.41) is 5.17. The molecule has 0 aromatic heterocycles. The van der Waals surface area contributed by atoms with Gasteiger partial charge in [0.1, 0.15) is 0 Å². The number of fused-ring (bicyclic) bond motifs is 2. The minimum Gasteiger partial charge on any atom is -0.0801 e. The van der Waals surface area contributed by atoms with Crippen LogP contribution in [0, 0.1) is 24.3 Å². The van der Waals surface area contributed by atoms with Crippen LogP contribution in [0.15, 0.2) is 91.0 Å². The Bertz CT molecular complexity index is 1930. The first-order valence-electron chi connectivity index (χ1n) is 14.9. The van der Waals surface area contributed by atoms with Gasteiger partial charge < -0.3 is 0 Å². The summed E-state index contributed by atoms with van der Waals surface area (Å²) < 4.78 is 0. The molecule has 0 fully saturated rings. The highest BCUT2D eigenvalue weighted by Gasteiger charge is 2.26. The minimum atomic E-state index is -0.0744. The average molecular weight is 534 g/mol. The first-order valence-corrected chi connectivity index (χ1v) is 14.9. The van der Waals surface area contributed by atoms with Crippen molar-refractivity contribution in [1.82, 2.24) is 0 Å². The van der Waals surface area contributed by atoms with Crippen LogP contribution in [0.3, 0.4) is 0 Å². The van der Waals surface area contributed by atoms with E-state index in [1.807, 2.05) is 0 Å². The van der Waals surface area contributed by atoms with Crippen molar-refractivity contribution in [2.24, 2.45) is 0 Å². The fourth-order valence-electron chi connectivity index (χ4n) is 6.36. The molecular formula is C41H41. The fraction of sp³-hybridized carbons (Fsp3) is 0.268. The molecule has 0 nitrogen and oxygen atoms in total. The van der Waals surface area contributed by atoms with E-state index in [1.54, 1.807) is 0 Å². The Balaban J connectivity index is 1.91. The molecule has 6 rings (SSSR count). The Labute approximate surface area is 245 Å². The molecule has 205 valence electrons. The first-order chi connectivity index (χ1) is 19.4. The van der Waals surface area contributed by atoms with Gasteiger partial charge in [0.25, 0.3) is 0 Å². The average Bonchev–Trinajstić information content (AvgIpc) is 3.55. The molecule has 41 heavy (non-hydrogen) atoms. The smallest absolute Gasteiger partial charge is 0.000730 e. The Hall–Kier alpha value is -3.90. The van der Waals surface area contributed by atoms with E-state index in [4.69, 9.17) is 0 Å². The maximum Gasteiger partial charge on any atom is -0.000730 e. The van der Waals surface area contributed by atoms with E-state index in [1.165, 1.54) is 76.5 Å². The molecule has 0 amide bonds. The Morgan fingerprint density at radius 1 is 0.707 bits per heavy atom. The molecule has 1 radical (unpaired) electrons. The van der Waals surface area contributed by atoms with E-state index in [0.29, 0.717) is 0 Å². The monoisotopic (exact) mass is 533 g/mol. The van der Waals surface area contributed by atoms with E-state index in [-0.39, 0.29) is 10.8 Å². The lowest BCUT2D eigenvalue weighted by molar-refractivity contribution is 0.584. The number of allylic oxidation sites excluding steroid dienone is 4. The van der Waals surface area contributed by atoms with Gasteiger partial charge in [0.05, 0.1) is 0 Å². The molecule has 0 heterocycles.